The molecule has 0 spiro atoms. The van der Waals surface area contributed by atoms with Crippen LogP contribution >= 0.6 is 0 Å². The van der Waals surface area contributed by atoms with Crippen molar-refractivity contribution in [2.75, 3.05) is 23.7 Å². The summed E-state index contributed by atoms with van der Waals surface area (Å²) >= 11 is 0. The predicted molar refractivity (Wildman–Crippen MR) is 67.4 cm³/mol. The van der Waals surface area contributed by atoms with Gasteiger partial charge in [-0.25, -0.2) is 8.42 Å². The summed E-state index contributed by atoms with van der Waals surface area (Å²) in [4.78, 5) is 10.7. The van der Waals surface area contributed by atoms with E-state index in [9.17, 15) is 13.2 Å². The summed E-state index contributed by atoms with van der Waals surface area (Å²) in [5, 5.41) is 8.72. The monoisotopic (exact) mass is 273 g/mol. The number of aliphatic carboxylic acids is 1. The first-order valence-electron chi connectivity index (χ1n) is 5.27. The Hall–Kier alpha value is -1.76. The summed E-state index contributed by atoms with van der Waals surface area (Å²) in [5.74, 6) is -0.612. The number of hydrogen-bond donors (Lipinski definition) is 1. The number of hydrogen-bond acceptors (Lipinski definition) is 4. The lowest BCUT2D eigenvalue weighted by Gasteiger charge is -2.20. The topological polar surface area (TPSA) is 83.9 Å². The fourth-order valence-electron chi connectivity index (χ4n) is 1.40. The van der Waals surface area contributed by atoms with Gasteiger partial charge in [-0.1, -0.05) is 0 Å². The average Bonchev–Trinajstić information content (AvgIpc) is 2.26. The average molecular weight is 273 g/mol. The molecule has 1 rings (SSSR count). The van der Waals surface area contributed by atoms with E-state index in [0.717, 1.165) is 10.6 Å². The second-order valence-corrected chi connectivity index (χ2v) is 5.50. The molecule has 0 amide bonds. The molecular weight excluding hydrogens is 258 g/mol. The first-order valence-corrected chi connectivity index (χ1v) is 7.11. The highest BCUT2D eigenvalue weighted by Crippen LogP contribution is 2.21. The molecule has 0 radical (unpaired) electrons. The van der Waals surface area contributed by atoms with E-state index in [1.165, 1.54) is 12.1 Å². The molecule has 100 valence electrons. The molecular formula is C11H15NO5S. The summed E-state index contributed by atoms with van der Waals surface area (Å²) < 4.78 is 29.1. The summed E-state index contributed by atoms with van der Waals surface area (Å²) in [5.41, 5.74) is 0.295. The number of carbonyl (C=O) groups is 1. The summed E-state index contributed by atoms with van der Waals surface area (Å²) in [6.07, 6.45) is 0.965. The molecule has 7 heteroatoms. The zero-order valence-corrected chi connectivity index (χ0v) is 11.0. The normalized spacial score (nSPS) is 11.0. The van der Waals surface area contributed by atoms with Crippen LogP contribution in [0.2, 0.25) is 0 Å². The Labute approximate surface area is 106 Å². The van der Waals surface area contributed by atoms with Crippen molar-refractivity contribution < 1.29 is 23.1 Å². The first-order chi connectivity index (χ1) is 8.34. The Morgan fingerprint density at radius 3 is 2.28 bits per heavy atom. The largest absolute Gasteiger partial charge is 0.494 e. The van der Waals surface area contributed by atoms with Crippen LogP contribution in [0.1, 0.15) is 6.92 Å². The van der Waals surface area contributed by atoms with Gasteiger partial charge in [0.25, 0.3) is 0 Å². The van der Waals surface area contributed by atoms with Crippen LogP contribution in [0.4, 0.5) is 5.69 Å². The minimum absolute atomic E-state index is 0.295. The molecule has 0 heterocycles. The van der Waals surface area contributed by atoms with Crippen molar-refractivity contribution in [3.63, 3.8) is 0 Å². The van der Waals surface area contributed by atoms with E-state index >= 15 is 0 Å². The molecule has 0 unspecified atom stereocenters. The molecule has 1 N–H and O–H groups in total. The highest BCUT2D eigenvalue weighted by Gasteiger charge is 2.20. The Morgan fingerprint density at radius 2 is 1.89 bits per heavy atom. The van der Waals surface area contributed by atoms with Crippen LogP contribution in [-0.2, 0) is 14.8 Å². The van der Waals surface area contributed by atoms with Gasteiger partial charge < -0.3 is 9.84 Å². The van der Waals surface area contributed by atoms with Gasteiger partial charge in [0.15, 0.2) is 0 Å². The van der Waals surface area contributed by atoms with E-state index in [4.69, 9.17) is 9.84 Å². The van der Waals surface area contributed by atoms with E-state index in [1.54, 1.807) is 12.1 Å². The molecule has 0 atom stereocenters. The van der Waals surface area contributed by atoms with Crippen molar-refractivity contribution in [2.45, 2.75) is 6.92 Å². The lowest BCUT2D eigenvalue weighted by atomic mass is 10.3. The molecule has 0 aliphatic rings. The van der Waals surface area contributed by atoms with Gasteiger partial charge >= 0.3 is 5.97 Å². The number of anilines is 1. The quantitative estimate of drug-likeness (QED) is 0.833. The molecule has 0 bridgehead atoms. The number of carboxylic acid groups (broad SMARTS) is 1. The molecule has 0 aliphatic heterocycles. The van der Waals surface area contributed by atoms with Crippen molar-refractivity contribution in [1.82, 2.24) is 0 Å². The van der Waals surface area contributed by atoms with Crippen LogP contribution in [0, 0.1) is 0 Å². The van der Waals surface area contributed by atoms with Gasteiger partial charge in [0.2, 0.25) is 10.0 Å². The van der Waals surface area contributed by atoms with Gasteiger partial charge in [0.1, 0.15) is 12.3 Å². The van der Waals surface area contributed by atoms with Gasteiger partial charge in [-0.2, -0.15) is 0 Å². The highest BCUT2D eigenvalue weighted by molar-refractivity contribution is 7.92. The van der Waals surface area contributed by atoms with Crippen molar-refractivity contribution in [1.29, 1.82) is 0 Å². The summed E-state index contributed by atoms with van der Waals surface area (Å²) in [7, 11) is -3.63. The molecule has 0 aliphatic carbocycles. The lowest BCUT2D eigenvalue weighted by molar-refractivity contribution is -0.135. The maximum atomic E-state index is 11.5. The van der Waals surface area contributed by atoms with Crippen LogP contribution in [0.5, 0.6) is 5.75 Å². The van der Waals surface area contributed by atoms with Crippen LogP contribution in [0.25, 0.3) is 0 Å². The second kappa shape index (κ2) is 5.72. The van der Waals surface area contributed by atoms with Crippen LogP contribution < -0.4 is 9.04 Å². The third-order valence-corrected chi connectivity index (χ3v) is 3.26. The molecule has 0 aromatic heterocycles. The fraction of sp³-hybridized carbons (Fsp3) is 0.364. The van der Waals surface area contributed by atoms with Crippen molar-refractivity contribution in [3.8, 4) is 5.75 Å². The van der Waals surface area contributed by atoms with E-state index in [0.29, 0.717) is 18.0 Å². The predicted octanol–water partition coefficient (Wildman–Crippen LogP) is 0.936. The van der Waals surface area contributed by atoms with Crippen LogP contribution in [-0.4, -0.2) is 38.9 Å². The minimum atomic E-state index is -3.63. The van der Waals surface area contributed by atoms with Crippen molar-refractivity contribution in [2.24, 2.45) is 0 Å². The van der Waals surface area contributed by atoms with Gasteiger partial charge in [-0.3, -0.25) is 9.10 Å². The molecule has 0 saturated carbocycles. The Bertz CT molecular complexity index is 509. The molecule has 18 heavy (non-hydrogen) atoms. The number of rotatable bonds is 6. The van der Waals surface area contributed by atoms with Crippen LogP contribution in [0.3, 0.4) is 0 Å². The van der Waals surface area contributed by atoms with Crippen LogP contribution in [0.15, 0.2) is 24.3 Å². The second-order valence-electron chi connectivity index (χ2n) is 3.59. The fourth-order valence-corrected chi connectivity index (χ4v) is 2.25. The zero-order valence-electron chi connectivity index (χ0n) is 10.2. The maximum absolute atomic E-state index is 11.5. The molecule has 0 fully saturated rings. The van der Waals surface area contributed by atoms with Gasteiger partial charge in [-0.15, -0.1) is 0 Å². The highest BCUT2D eigenvalue weighted by atomic mass is 32.2. The van der Waals surface area contributed by atoms with Crippen molar-refractivity contribution >= 4 is 21.7 Å². The van der Waals surface area contributed by atoms with Crippen molar-refractivity contribution in [3.05, 3.63) is 24.3 Å². The molecule has 6 nitrogen and oxygen atoms in total. The lowest BCUT2D eigenvalue weighted by Crippen LogP contribution is -2.34. The SMILES string of the molecule is CCOc1ccc(N(CC(=O)O)S(C)(=O)=O)cc1. The van der Waals surface area contributed by atoms with E-state index in [1.807, 2.05) is 6.92 Å². The number of carboxylic acids is 1. The van der Waals surface area contributed by atoms with Gasteiger partial charge in [-0.05, 0) is 31.2 Å². The van der Waals surface area contributed by atoms with E-state index in [-0.39, 0.29) is 0 Å². The van der Waals surface area contributed by atoms with Gasteiger partial charge in [0, 0.05) is 0 Å². The van der Waals surface area contributed by atoms with E-state index in [2.05, 4.69) is 0 Å². The Morgan fingerprint density at radius 1 is 1.33 bits per heavy atom. The third-order valence-electron chi connectivity index (χ3n) is 2.11. The molecule has 1 aromatic rings. The maximum Gasteiger partial charge on any atom is 0.324 e. The third kappa shape index (κ3) is 3.92. The minimum Gasteiger partial charge on any atom is -0.494 e. The summed E-state index contributed by atoms with van der Waals surface area (Å²) in [6, 6.07) is 6.21. The molecule has 0 saturated heterocycles. The number of nitrogens with zero attached hydrogens (tertiary/aromatic N) is 1. The summed E-state index contributed by atoms with van der Waals surface area (Å²) in [6.45, 7) is 1.73. The van der Waals surface area contributed by atoms with Gasteiger partial charge in [0.05, 0.1) is 18.6 Å². The number of sulfonamides is 1. The number of benzene rings is 1. The Kier molecular flexibility index (Phi) is 4.55. The first kappa shape index (κ1) is 14.3. The number of ether oxygens (including phenoxy) is 1. The standard InChI is InChI=1S/C11H15NO5S/c1-3-17-10-6-4-9(5-7-10)12(8-11(13)14)18(2,15)16/h4-7H,3,8H2,1-2H3,(H,13,14). The zero-order chi connectivity index (χ0) is 13.8. The van der Waals surface area contributed by atoms with E-state index < -0.39 is 22.5 Å². The smallest absolute Gasteiger partial charge is 0.324 e. The molecule has 1 aromatic carbocycles. The Balaban J connectivity index is 3.02.